The average Bonchev–Trinajstić information content (AvgIpc) is 2.69. The number of carbonyl (C=O) groups excluding carboxylic acids is 2. The summed E-state index contributed by atoms with van der Waals surface area (Å²) >= 11 is 0. The number of benzene rings is 1. The smallest absolute Gasteiger partial charge is 0.271 e. The van der Waals surface area contributed by atoms with E-state index in [0.29, 0.717) is 45.0 Å². The molecule has 0 radical (unpaired) electrons. The lowest BCUT2D eigenvalue weighted by molar-refractivity contribution is -0.129. The highest BCUT2D eigenvalue weighted by molar-refractivity contribution is 5.92. The number of halogens is 1. The summed E-state index contributed by atoms with van der Waals surface area (Å²) in [6, 6.07) is 6.19. The van der Waals surface area contributed by atoms with Gasteiger partial charge in [0.25, 0.3) is 5.91 Å². The van der Waals surface area contributed by atoms with Crippen molar-refractivity contribution in [1.82, 2.24) is 20.2 Å². The number of piperazine rings is 1. The molecule has 1 saturated heterocycles. The van der Waals surface area contributed by atoms with Gasteiger partial charge in [0, 0.05) is 39.6 Å². The molecule has 1 fully saturated rings. The number of aromatic nitrogens is 2. The first kappa shape index (κ1) is 18.8. The van der Waals surface area contributed by atoms with Gasteiger partial charge in [0.05, 0.1) is 12.4 Å². The molecule has 1 aromatic carbocycles. The normalized spacial score (nSPS) is 14.1. The van der Waals surface area contributed by atoms with Crippen LogP contribution in [0.3, 0.4) is 0 Å². The minimum atomic E-state index is -0.294. The predicted molar refractivity (Wildman–Crippen MR) is 98.9 cm³/mol. The lowest BCUT2D eigenvalue weighted by atomic mass is 10.1. The lowest BCUT2D eigenvalue weighted by Gasteiger charge is -2.34. The Hall–Kier alpha value is -3.03. The molecule has 142 valence electrons. The molecular formula is C19H22FN5O2. The van der Waals surface area contributed by atoms with Gasteiger partial charge >= 0.3 is 0 Å². The molecule has 1 aliphatic rings. The van der Waals surface area contributed by atoms with Crippen molar-refractivity contribution in [3.63, 3.8) is 0 Å². The summed E-state index contributed by atoms with van der Waals surface area (Å²) in [6.45, 7) is 4.69. The highest BCUT2D eigenvalue weighted by Gasteiger charge is 2.20. The third-order valence-corrected chi connectivity index (χ3v) is 4.53. The zero-order valence-corrected chi connectivity index (χ0v) is 15.2. The topological polar surface area (TPSA) is 78.4 Å². The monoisotopic (exact) mass is 371 g/mol. The van der Waals surface area contributed by atoms with Gasteiger partial charge in [0.15, 0.2) is 0 Å². The highest BCUT2D eigenvalue weighted by Crippen LogP contribution is 2.12. The molecule has 0 saturated carbocycles. The highest BCUT2D eigenvalue weighted by atomic mass is 19.1. The van der Waals surface area contributed by atoms with Crippen LogP contribution in [0.2, 0.25) is 0 Å². The second kappa shape index (κ2) is 8.57. The Kier molecular flexibility index (Phi) is 5.95. The second-order valence-corrected chi connectivity index (χ2v) is 6.39. The predicted octanol–water partition coefficient (Wildman–Crippen LogP) is 1.26. The fourth-order valence-corrected chi connectivity index (χ4v) is 2.91. The molecule has 1 aliphatic heterocycles. The minimum Gasteiger partial charge on any atom is -0.352 e. The van der Waals surface area contributed by atoms with E-state index >= 15 is 0 Å². The van der Waals surface area contributed by atoms with E-state index in [0.717, 1.165) is 5.56 Å². The molecule has 7 nitrogen and oxygen atoms in total. The Bertz CT molecular complexity index is 787. The Morgan fingerprint density at radius 1 is 1.07 bits per heavy atom. The summed E-state index contributed by atoms with van der Waals surface area (Å²) in [4.78, 5) is 35.9. The van der Waals surface area contributed by atoms with Crippen LogP contribution in [0.1, 0.15) is 23.0 Å². The molecule has 2 aromatic rings. The summed E-state index contributed by atoms with van der Waals surface area (Å²) < 4.78 is 12.9. The van der Waals surface area contributed by atoms with Crippen LogP contribution in [0, 0.1) is 5.82 Å². The maximum absolute atomic E-state index is 12.9. The van der Waals surface area contributed by atoms with Gasteiger partial charge in [-0.3, -0.25) is 9.59 Å². The van der Waals surface area contributed by atoms with Crippen LogP contribution in [-0.4, -0.2) is 59.4 Å². The SMILES string of the molecule is CC(=O)N1CCN(c2cnc(C(=O)NCCc3ccc(F)cc3)cn2)CC1. The first-order chi connectivity index (χ1) is 13.0. The van der Waals surface area contributed by atoms with Gasteiger partial charge in [-0.05, 0) is 24.1 Å². The van der Waals surface area contributed by atoms with Gasteiger partial charge in [-0.2, -0.15) is 0 Å². The summed E-state index contributed by atoms with van der Waals surface area (Å²) in [5.74, 6) is 0.202. The first-order valence-electron chi connectivity index (χ1n) is 8.88. The molecule has 2 heterocycles. The van der Waals surface area contributed by atoms with Crippen LogP contribution >= 0.6 is 0 Å². The Morgan fingerprint density at radius 2 is 1.78 bits per heavy atom. The lowest BCUT2D eigenvalue weighted by Crippen LogP contribution is -2.48. The molecule has 1 N–H and O–H groups in total. The van der Waals surface area contributed by atoms with Crippen LogP contribution in [0.15, 0.2) is 36.7 Å². The van der Waals surface area contributed by atoms with Crippen LogP contribution in [-0.2, 0) is 11.2 Å². The minimum absolute atomic E-state index is 0.0772. The summed E-state index contributed by atoms with van der Waals surface area (Å²) in [7, 11) is 0. The van der Waals surface area contributed by atoms with Gasteiger partial charge in [0.2, 0.25) is 5.91 Å². The van der Waals surface area contributed by atoms with Gasteiger partial charge in [-0.1, -0.05) is 12.1 Å². The van der Waals surface area contributed by atoms with Crippen molar-refractivity contribution in [2.45, 2.75) is 13.3 Å². The molecule has 0 bridgehead atoms. The summed E-state index contributed by atoms with van der Waals surface area (Å²) in [6.07, 6.45) is 3.65. The molecule has 1 aromatic heterocycles. The number of hydrogen-bond donors (Lipinski definition) is 1. The molecule has 0 spiro atoms. The standard InChI is InChI=1S/C19H22FN5O2/c1-14(26)24-8-10-25(11-9-24)18-13-22-17(12-23-18)19(27)21-7-6-15-2-4-16(20)5-3-15/h2-5,12-13H,6-11H2,1H3,(H,21,27). The summed E-state index contributed by atoms with van der Waals surface area (Å²) in [5.41, 5.74) is 1.20. The van der Waals surface area contributed by atoms with Crippen molar-refractivity contribution in [1.29, 1.82) is 0 Å². The number of carbonyl (C=O) groups is 2. The quantitative estimate of drug-likeness (QED) is 0.856. The van der Waals surface area contributed by atoms with Crippen molar-refractivity contribution < 1.29 is 14.0 Å². The molecule has 0 atom stereocenters. The number of nitrogens with one attached hydrogen (secondary N) is 1. The molecule has 3 rings (SSSR count). The van der Waals surface area contributed by atoms with Gasteiger partial charge in [0.1, 0.15) is 17.3 Å². The third-order valence-electron chi connectivity index (χ3n) is 4.53. The van der Waals surface area contributed by atoms with Crippen molar-refractivity contribution in [2.75, 3.05) is 37.6 Å². The fraction of sp³-hybridized carbons (Fsp3) is 0.368. The summed E-state index contributed by atoms with van der Waals surface area (Å²) in [5, 5.41) is 2.79. The maximum atomic E-state index is 12.9. The van der Waals surface area contributed by atoms with Crippen LogP contribution < -0.4 is 10.2 Å². The first-order valence-corrected chi connectivity index (χ1v) is 8.88. The Balaban J connectivity index is 1.48. The molecule has 27 heavy (non-hydrogen) atoms. The van der Waals surface area contributed by atoms with Crippen LogP contribution in [0.5, 0.6) is 0 Å². The molecule has 0 aliphatic carbocycles. The molecule has 2 amide bonds. The maximum Gasteiger partial charge on any atom is 0.271 e. The van der Waals surface area contributed by atoms with Crippen LogP contribution in [0.25, 0.3) is 0 Å². The average molecular weight is 371 g/mol. The third kappa shape index (κ3) is 4.99. The number of amides is 2. The van der Waals surface area contributed by atoms with E-state index < -0.39 is 0 Å². The zero-order valence-electron chi connectivity index (χ0n) is 15.2. The van der Waals surface area contributed by atoms with E-state index in [-0.39, 0.29) is 23.3 Å². The van der Waals surface area contributed by atoms with Crippen molar-refractivity contribution in [3.8, 4) is 0 Å². The number of nitrogens with zero attached hydrogens (tertiary/aromatic N) is 4. The molecular weight excluding hydrogens is 349 g/mol. The molecule has 8 heteroatoms. The van der Waals surface area contributed by atoms with E-state index in [4.69, 9.17) is 0 Å². The number of hydrogen-bond acceptors (Lipinski definition) is 5. The zero-order chi connectivity index (χ0) is 19.2. The van der Waals surface area contributed by atoms with E-state index in [1.807, 2.05) is 4.90 Å². The van der Waals surface area contributed by atoms with E-state index in [9.17, 15) is 14.0 Å². The van der Waals surface area contributed by atoms with Crippen molar-refractivity contribution >= 4 is 17.6 Å². The van der Waals surface area contributed by atoms with E-state index in [2.05, 4.69) is 15.3 Å². The largest absolute Gasteiger partial charge is 0.352 e. The van der Waals surface area contributed by atoms with E-state index in [1.165, 1.54) is 18.3 Å². The van der Waals surface area contributed by atoms with Crippen LogP contribution in [0.4, 0.5) is 10.2 Å². The van der Waals surface area contributed by atoms with Gasteiger partial charge in [-0.25, -0.2) is 14.4 Å². The van der Waals surface area contributed by atoms with Gasteiger partial charge in [-0.15, -0.1) is 0 Å². The molecule has 0 unspecified atom stereocenters. The van der Waals surface area contributed by atoms with Crippen molar-refractivity contribution in [3.05, 3.63) is 53.7 Å². The Labute approximate surface area is 157 Å². The Morgan fingerprint density at radius 3 is 2.37 bits per heavy atom. The van der Waals surface area contributed by atoms with Gasteiger partial charge < -0.3 is 15.1 Å². The number of anilines is 1. The fourth-order valence-electron chi connectivity index (χ4n) is 2.91. The second-order valence-electron chi connectivity index (χ2n) is 6.39. The van der Waals surface area contributed by atoms with E-state index in [1.54, 1.807) is 30.2 Å². The number of rotatable bonds is 5. The van der Waals surface area contributed by atoms with Crippen molar-refractivity contribution in [2.24, 2.45) is 0 Å².